The number of carbonyl (C=O) groups excluding carboxylic acids is 1. The summed E-state index contributed by atoms with van der Waals surface area (Å²) in [6.07, 6.45) is 0. The van der Waals surface area contributed by atoms with Gasteiger partial charge in [-0.05, 0) is 51.0 Å². The van der Waals surface area contributed by atoms with E-state index >= 15 is 0 Å². The Morgan fingerprint density at radius 2 is 1.62 bits per heavy atom. The molecule has 3 heteroatoms. The van der Waals surface area contributed by atoms with Gasteiger partial charge in [-0.1, -0.05) is 41.5 Å². The van der Waals surface area contributed by atoms with Crippen LogP contribution in [0.15, 0.2) is 42.5 Å². The van der Waals surface area contributed by atoms with Crippen LogP contribution in [0, 0.1) is 20.8 Å². The monoisotopic (exact) mass is 282 g/mol. The molecule has 1 unspecified atom stereocenters. The van der Waals surface area contributed by atoms with Crippen molar-refractivity contribution < 1.29 is 4.79 Å². The first kappa shape index (κ1) is 15.1. The van der Waals surface area contributed by atoms with Gasteiger partial charge in [-0.3, -0.25) is 4.79 Å². The number of anilines is 1. The summed E-state index contributed by atoms with van der Waals surface area (Å²) in [5.41, 5.74) is 9.88. The smallest absolute Gasteiger partial charge is 0.247 e. The Balaban J connectivity index is 2.47. The minimum Gasteiger partial charge on any atom is -0.368 e. The van der Waals surface area contributed by atoms with Gasteiger partial charge in [0.15, 0.2) is 0 Å². The van der Waals surface area contributed by atoms with Crippen molar-refractivity contribution >= 4 is 11.6 Å². The predicted molar refractivity (Wildman–Crippen MR) is 87.3 cm³/mol. The highest BCUT2D eigenvalue weighted by Gasteiger charge is 2.33. The first-order valence-electron chi connectivity index (χ1n) is 7.05. The van der Waals surface area contributed by atoms with Crippen LogP contribution in [-0.2, 0) is 10.3 Å². The highest BCUT2D eigenvalue weighted by atomic mass is 16.1. The molecule has 0 aliphatic heterocycles. The number of aryl methyl sites for hydroxylation is 3. The van der Waals surface area contributed by atoms with E-state index < -0.39 is 11.4 Å². The lowest BCUT2D eigenvalue weighted by molar-refractivity contribution is -0.122. The number of carbonyl (C=O) groups is 1. The minimum atomic E-state index is -0.940. The molecule has 0 saturated carbocycles. The largest absolute Gasteiger partial charge is 0.368 e. The zero-order chi connectivity index (χ0) is 15.6. The van der Waals surface area contributed by atoms with Crippen LogP contribution in [0.4, 0.5) is 5.69 Å². The molecule has 2 aromatic rings. The van der Waals surface area contributed by atoms with Gasteiger partial charge in [-0.15, -0.1) is 0 Å². The molecule has 0 fully saturated rings. The average molecular weight is 282 g/mol. The summed E-state index contributed by atoms with van der Waals surface area (Å²) in [7, 11) is 0. The van der Waals surface area contributed by atoms with Gasteiger partial charge in [0.05, 0.1) is 0 Å². The van der Waals surface area contributed by atoms with E-state index in [2.05, 4.69) is 11.4 Å². The number of nitrogens with two attached hydrogens (primary N) is 1. The van der Waals surface area contributed by atoms with Crippen molar-refractivity contribution in [2.24, 2.45) is 5.73 Å². The minimum absolute atomic E-state index is 0.394. The third kappa shape index (κ3) is 3.24. The molecule has 0 radical (unpaired) electrons. The summed E-state index contributed by atoms with van der Waals surface area (Å²) in [4.78, 5) is 12.1. The molecule has 0 bridgehead atoms. The van der Waals surface area contributed by atoms with Crippen molar-refractivity contribution in [2.75, 3.05) is 5.32 Å². The van der Waals surface area contributed by atoms with E-state index in [4.69, 9.17) is 5.73 Å². The lowest BCUT2D eigenvalue weighted by Gasteiger charge is -2.30. The summed E-state index contributed by atoms with van der Waals surface area (Å²) >= 11 is 0. The van der Waals surface area contributed by atoms with Crippen LogP contribution in [-0.4, -0.2) is 5.91 Å². The SMILES string of the molecule is Cc1cccc(NC(C)(C(N)=O)c2cc(C)cc(C)c2)c1. The fourth-order valence-corrected chi connectivity index (χ4v) is 2.55. The fourth-order valence-electron chi connectivity index (χ4n) is 2.55. The molecule has 2 aromatic carbocycles. The van der Waals surface area contributed by atoms with E-state index in [0.717, 1.165) is 27.9 Å². The summed E-state index contributed by atoms with van der Waals surface area (Å²) in [5, 5.41) is 3.29. The predicted octanol–water partition coefficient (Wildman–Crippen LogP) is 3.42. The van der Waals surface area contributed by atoms with Crippen molar-refractivity contribution in [3.05, 3.63) is 64.7 Å². The molecule has 1 amide bonds. The van der Waals surface area contributed by atoms with E-state index in [1.165, 1.54) is 0 Å². The van der Waals surface area contributed by atoms with Crippen LogP contribution in [0.1, 0.15) is 29.2 Å². The van der Waals surface area contributed by atoms with Gasteiger partial charge in [0.25, 0.3) is 0 Å². The third-order valence-electron chi connectivity index (χ3n) is 3.70. The van der Waals surface area contributed by atoms with Gasteiger partial charge in [0.1, 0.15) is 5.54 Å². The Morgan fingerprint density at radius 1 is 1.00 bits per heavy atom. The van der Waals surface area contributed by atoms with Gasteiger partial charge < -0.3 is 11.1 Å². The molecule has 110 valence electrons. The van der Waals surface area contributed by atoms with E-state index in [1.807, 2.05) is 64.1 Å². The molecule has 3 N–H and O–H groups in total. The molecule has 2 rings (SSSR count). The number of nitrogens with one attached hydrogen (secondary N) is 1. The molecular formula is C18H22N2O. The summed E-state index contributed by atoms with van der Waals surface area (Å²) in [6, 6.07) is 14.0. The topological polar surface area (TPSA) is 55.1 Å². The van der Waals surface area contributed by atoms with E-state index in [9.17, 15) is 4.79 Å². The number of amides is 1. The maximum atomic E-state index is 12.1. The number of primary amides is 1. The second-order valence-electron chi connectivity index (χ2n) is 5.86. The van der Waals surface area contributed by atoms with Gasteiger partial charge in [-0.25, -0.2) is 0 Å². The first-order valence-corrected chi connectivity index (χ1v) is 7.05. The molecule has 0 aliphatic carbocycles. The maximum absolute atomic E-state index is 12.1. The Kier molecular flexibility index (Phi) is 4.03. The van der Waals surface area contributed by atoms with Gasteiger partial charge in [0, 0.05) is 5.69 Å². The van der Waals surface area contributed by atoms with Crippen LogP contribution < -0.4 is 11.1 Å². The van der Waals surface area contributed by atoms with E-state index in [-0.39, 0.29) is 0 Å². The molecule has 1 atom stereocenters. The fraction of sp³-hybridized carbons (Fsp3) is 0.278. The maximum Gasteiger partial charge on any atom is 0.247 e. The number of hydrogen-bond acceptors (Lipinski definition) is 2. The van der Waals surface area contributed by atoms with E-state index in [0.29, 0.717) is 0 Å². The van der Waals surface area contributed by atoms with Crippen LogP contribution in [0.3, 0.4) is 0 Å². The van der Waals surface area contributed by atoms with Crippen molar-refractivity contribution in [1.29, 1.82) is 0 Å². The van der Waals surface area contributed by atoms with Crippen molar-refractivity contribution in [3.8, 4) is 0 Å². The lowest BCUT2D eigenvalue weighted by Crippen LogP contribution is -2.45. The van der Waals surface area contributed by atoms with Crippen LogP contribution in [0.5, 0.6) is 0 Å². The van der Waals surface area contributed by atoms with Crippen LogP contribution in [0.25, 0.3) is 0 Å². The summed E-state index contributed by atoms with van der Waals surface area (Å²) < 4.78 is 0. The Bertz CT molecular complexity index is 658. The number of benzene rings is 2. The summed E-state index contributed by atoms with van der Waals surface area (Å²) in [5.74, 6) is -0.394. The number of rotatable bonds is 4. The first-order chi connectivity index (χ1) is 9.81. The zero-order valence-corrected chi connectivity index (χ0v) is 13.0. The lowest BCUT2D eigenvalue weighted by atomic mass is 9.88. The highest BCUT2D eigenvalue weighted by Crippen LogP contribution is 2.28. The summed E-state index contributed by atoms with van der Waals surface area (Å²) in [6.45, 7) is 7.88. The highest BCUT2D eigenvalue weighted by molar-refractivity contribution is 5.89. The Morgan fingerprint density at radius 3 is 2.14 bits per heavy atom. The molecule has 0 heterocycles. The molecule has 0 spiro atoms. The van der Waals surface area contributed by atoms with Gasteiger partial charge in [-0.2, -0.15) is 0 Å². The van der Waals surface area contributed by atoms with Gasteiger partial charge >= 0.3 is 0 Å². The van der Waals surface area contributed by atoms with E-state index in [1.54, 1.807) is 0 Å². The molecule has 21 heavy (non-hydrogen) atoms. The third-order valence-corrected chi connectivity index (χ3v) is 3.70. The molecule has 0 aliphatic rings. The standard InChI is InChI=1S/C18H22N2O/c1-12-6-5-7-16(11-12)20-18(4,17(19)21)15-9-13(2)8-14(3)10-15/h5-11,20H,1-4H3,(H2,19,21). The normalized spacial score (nSPS) is 13.5. The molecule has 0 aromatic heterocycles. The Hall–Kier alpha value is -2.29. The average Bonchev–Trinajstić information content (AvgIpc) is 2.37. The molecular weight excluding hydrogens is 260 g/mol. The van der Waals surface area contributed by atoms with Crippen molar-refractivity contribution in [1.82, 2.24) is 0 Å². The zero-order valence-electron chi connectivity index (χ0n) is 13.0. The quantitative estimate of drug-likeness (QED) is 0.902. The van der Waals surface area contributed by atoms with Crippen LogP contribution >= 0.6 is 0 Å². The second-order valence-corrected chi connectivity index (χ2v) is 5.86. The second kappa shape index (κ2) is 5.60. The van der Waals surface area contributed by atoms with Crippen molar-refractivity contribution in [2.45, 2.75) is 33.2 Å². The number of hydrogen-bond donors (Lipinski definition) is 2. The van der Waals surface area contributed by atoms with Gasteiger partial charge in [0.2, 0.25) is 5.91 Å². The van der Waals surface area contributed by atoms with Crippen molar-refractivity contribution in [3.63, 3.8) is 0 Å². The Labute approximate surface area is 126 Å². The molecule has 0 saturated heterocycles. The molecule has 3 nitrogen and oxygen atoms in total. The van der Waals surface area contributed by atoms with Crippen LogP contribution in [0.2, 0.25) is 0 Å².